The van der Waals surface area contributed by atoms with Crippen molar-refractivity contribution in [3.8, 4) is 5.75 Å². The molecule has 0 radical (unpaired) electrons. The van der Waals surface area contributed by atoms with Crippen LogP contribution in [0.5, 0.6) is 5.75 Å². The van der Waals surface area contributed by atoms with Crippen molar-refractivity contribution in [1.29, 1.82) is 0 Å². The summed E-state index contributed by atoms with van der Waals surface area (Å²) in [5.41, 5.74) is 2.80. The number of piperazine rings is 1. The summed E-state index contributed by atoms with van der Waals surface area (Å²) in [6.07, 6.45) is 2.86. The predicted molar refractivity (Wildman–Crippen MR) is 136 cm³/mol. The van der Waals surface area contributed by atoms with Crippen LogP contribution in [0, 0.1) is 5.92 Å². The number of nitrogens with one attached hydrogen (secondary N) is 1. The van der Waals surface area contributed by atoms with E-state index in [1.807, 2.05) is 26.0 Å². The number of benzene rings is 1. The molecule has 1 aromatic carbocycles. The molecule has 34 heavy (non-hydrogen) atoms. The Kier molecular flexibility index (Phi) is 7.78. The van der Waals surface area contributed by atoms with Crippen LogP contribution in [0.4, 0.5) is 10.7 Å². The number of fused-ring (bicyclic) bond motifs is 1. The second kappa shape index (κ2) is 10.8. The third kappa shape index (κ3) is 5.23. The molecule has 2 heterocycles. The van der Waals surface area contributed by atoms with E-state index >= 15 is 0 Å². The minimum atomic E-state index is -0.328. The summed E-state index contributed by atoms with van der Waals surface area (Å²) < 4.78 is 10.6. The molecule has 1 aliphatic carbocycles. The maximum Gasteiger partial charge on any atom is 0.341 e. The molecule has 2 aromatic rings. The maximum absolute atomic E-state index is 13.2. The molecule has 1 aromatic heterocycles. The van der Waals surface area contributed by atoms with Crippen molar-refractivity contribution >= 4 is 33.9 Å². The number of ether oxygens (including phenoxy) is 2. The molecule has 0 spiro atoms. The molecule has 184 valence electrons. The van der Waals surface area contributed by atoms with E-state index in [0.29, 0.717) is 23.1 Å². The zero-order valence-corrected chi connectivity index (χ0v) is 21.4. The van der Waals surface area contributed by atoms with Crippen molar-refractivity contribution in [2.75, 3.05) is 50.1 Å². The van der Waals surface area contributed by atoms with Gasteiger partial charge in [-0.3, -0.25) is 9.69 Å². The van der Waals surface area contributed by atoms with Crippen LogP contribution in [0.2, 0.25) is 0 Å². The molecule has 1 saturated heterocycles. The summed E-state index contributed by atoms with van der Waals surface area (Å²) in [6, 6.07) is 7.80. The molecule has 8 heteroatoms. The van der Waals surface area contributed by atoms with Gasteiger partial charge in [0, 0.05) is 36.7 Å². The molecule has 0 saturated carbocycles. The smallest absolute Gasteiger partial charge is 0.341 e. The first kappa shape index (κ1) is 24.5. The number of methoxy groups -OCH3 is 1. The lowest BCUT2D eigenvalue weighted by atomic mass is 9.88. The van der Waals surface area contributed by atoms with Gasteiger partial charge < -0.3 is 19.7 Å². The highest BCUT2D eigenvalue weighted by Crippen LogP contribution is 2.40. The van der Waals surface area contributed by atoms with Gasteiger partial charge in [-0.25, -0.2) is 4.79 Å². The highest BCUT2D eigenvalue weighted by Gasteiger charge is 2.31. The number of hydrogen-bond donors (Lipinski definition) is 1. The van der Waals surface area contributed by atoms with Crippen LogP contribution >= 0.6 is 11.3 Å². The zero-order valence-electron chi connectivity index (χ0n) is 20.6. The number of carbonyl (C=O) groups excluding carboxylic acids is 2. The average molecular weight is 486 g/mol. The van der Waals surface area contributed by atoms with E-state index in [-0.39, 0.29) is 17.9 Å². The molecule has 2 aliphatic rings. The fourth-order valence-electron chi connectivity index (χ4n) is 4.80. The van der Waals surface area contributed by atoms with Gasteiger partial charge >= 0.3 is 5.97 Å². The van der Waals surface area contributed by atoms with E-state index in [1.165, 1.54) is 4.88 Å². The Balaban J connectivity index is 1.41. The lowest BCUT2D eigenvalue weighted by molar-refractivity contribution is -0.120. The predicted octanol–water partition coefficient (Wildman–Crippen LogP) is 4.21. The lowest BCUT2D eigenvalue weighted by Crippen LogP contribution is -2.52. The first-order valence-corrected chi connectivity index (χ1v) is 13.0. The Morgan fingerprint density at radius 2 is 1.88 bits per heavy atom. The number of rotatable bonds is 7. The van der Waals surface area contributed by atoms with E-state index in [4.69, 9.17) is 9.47 Å². The monoisotopic (exact) mass is 485 g/mol. The van der Waals surface area contributed by atoms with Crippen LogP contribution in [0.25, 0.3) is 0 Å². The molecule has 1 fully saturated rings. The van der Waals surface area contributed by atoms with Gasteiger partial charge in [0.2, 0.25) is 5.91 Å². The number of hydrogen-bond acceptors (Lipinski definition) is 7. The van der Waals surface area contributed by atoms with Gasteiger partial charge in [-0.15, -0.1) is 11.3 Å². The molecule has 7 nitrogen and oxygen atoms in total. The first-order valence-electron chi connectivity index (χ1n) is 12.2. The molecule has 1 aliphatic heterocycles. The summed E-state index contributed by atoms with van der Waals surface area (Å²) >= 11 is 1.54. The van der Waals surface area contributed by atoms with E-state index in [9.17, 15) is 9.59 Å². The number of anilines is 2. The normalized spacial score (nSPS) is 19.3. The van der Waals surface area contributed by atoms with Crippen LogP contribution in [0.1, 0.15) is 48.0 Å². The Labute approximate surface area is 206 Å². The van der Waals surface area contributed by atoms with Crippen molar-refractivity contribution < 1.29 is 19.1 Å². The largest absolute Gasteiger partial charge is 0.497 e. The molecule has 0 bridgehead atoms. The van der Waals surface area contributed by atoms with Crippen LogP contribution in [0.15, 0.2) is 24.3 Å². The third-order valence-electron chi connectivity index (χ3n) is 6.91. The second-order valence-corrected chi connectivity index (χ2v) is 10.3. The number of carbonyl (C=O) groups is 2. The Morgan fingerprint density at radius 1 is 1.18 bits per heavy atom. The Hall–Kier alpha value is -2.58. The molecule has 2 atom stereocenters. The quantitative estimate of drug-likeness (QED) is 0.593. The average Bonchev–Trinajstić information content (AvgIpc) is 3.20. The Bertz CT molecular complexity index is 1010. The number of amides is 1. The topological polar surface area (TPSA) is 71.1 Å². The standard InChI is InChI=1S/C26H35N3O4S/c1-5-33-26(31)23-21-11-6-17(2)16-22(21)34-25(23)27-24(30)18(3)28-12-14-29(15-13-28)19-7-9-20(32-4)10-8-19/h7-10,17-18H,5-6,11-16H2,1-4H3,(H,27,30)/t17-,18+/m1/s1. The highest BCUT2D eigenvalue weighted by atomic mass is 32.1. The summed E-state index contributed by atoms with van der Waals surface area (Å²) in [4.78, 5) is 31.7. The fourth-order valence-corrected chi connectivity index (χ4v) is 6.20. The van der Waals surface area contributed by atoms with Crippen molar-refractivity contribution in [2.45, 2.75) is 46.1 Å². The second-order valence-electron chi connectivity index (χ2n) is 9.16. The summed E-state index contributed by atoms with van der Waals surface area (Å²) in [7, 11) is 1.67. The van der Waals surface area contributed by atoms with E-state index < -0.39 is 0 Å². The molecular formula is C26H35N3O4S. The van der Waals surface area contributed by atoms with E-state index in [0.717, 1.165) is 62.4 Å². The molecule has 1 N–H and O–H groups in total. The van der Waals surface area contributed by atoms with E-state index in [1.54, 1.807) is 18.4 Å². The van der Waals surface area contributed by atoms with Crippen molar-refractivity contribution in [3.05, 3.63) is 40.3 Å². The van der Waals surface area contributed by atoms with Crippen LogP contribution in [-0.4, -0.2) is 62.7 Å². The van der Waals surface area contributed by atoms with Gasteiger partial charge in [0.25, 0.3) is 0 Å². The van der Waals surface area contributed by atoms with Crippen LogP contribution in [-0.2, 0) is 22.4 Å². The fraction of sp³-hybridized carbons (Fsp3) is 0.538. The summed E-state index contributed by atoms with van der Waals surface area (Å²) in [5, 5.41) is 3.73. The number of thiophene rings is 1. The number of nitrogens with zero attached hydrogens (tertiary/aromatic N) is 2. The minimum absolute atomic E-state index is 0.0740. The molecule has 0 unspecified atom stereocenters. The summed E-state index contributed by atoms with van der Waals surface area (Å²) in [6.45, 7) is 9.60. The maximum atomic E-state index is 13.2. The van der Waals surface area contributed by atoms with Gasteiger partial charge in [-0.05, 0) is 68.9 Å². The van der Waals surface area contributed by atoms with E-state index in [2.05, 4.69) is 34.2 Å². The first-order chi connectivity index (χ1) is 16.4. The third-order valence-corrected chi connectivity index (χ3v) is 8.08. The minimum Gasteiger partial charge on any atom is -0.497 e. The van der Waals surface area contributed by atoms with Crippen LogP contribution in [0.3, 0.4) is 0 Å². The Morgan fingerprint density at radius 3 is 2.53 bits per heavy atom. The van der Waals surface area contributed by atoms with Crippen LogP contribution < -0.4 is 15.0 Å². The van der Waals surface area contributed by atoms with Gasteiger partial charge in [-0.1, -0.05) is 6.92 Å². The van der Waals surface area contributed by atoms with Crippen molar-refractivity contribution in [1.82, 2.24) is 4.90 Å². The molecule has 1 amide bonds. The zero-order chi connectivity index (χ0) is 24.2. The lowest BCUT2D eigenvalue weighted by Gasteiger charge is -2.38. The summed E-state index contributed by atoms with van der Waals surface area (Å²) in [5.74, 6) is 1.03. The SMILES string of the molecule is CCOC(=O)c1c(NC(=O)[C@H](C)N2CCN(c3ccc(OC)cc3)CC2)sc2c1CC[C@@H](C)C2. The molecule has 4 rings (SSSR count). The highest BCUT2D eigenvalue weighted by molar-refractivity contribution is 7.17. The number of esters is 1. The molecular weight excluding hydrogens is 450 g/mol. The van der Waals surface area contributed by atoms with Gasteiger partial charge in [0.1, 0.15) is 10.8 Å². The van der Waals surface area contributed by atoms with Gasteiger partial charge in [0.15, 0.2) is 0 Å². The van der Waals surface area contributed by atoms with Crippen molar-refractivity contribution in [3.63, 3.8) is 0 Å². The van der Waals surface area contributed by atoms with Gasteiger partial charge in [0.05, 0.1) is 25.3 Å². The van der Waals surface area contributed by atoms with Crippen molar-refractivity contribution in [2.24, 2.45) is 5.92 Å². The van der Waals surface area contributed by atoms with Gasteiger partial charge in [-0.2, -0.15) is 0 Å².